The fraction of sp³-hybridized carbons (Fsp3) is 0.667. The molecule has 0 aliphatic carbocycles. The van der Waals surface area contributed by atoms with Gasteiger partial charge in [0.25, 0.3) is 0 Å². The van der Waals surface area contributed by atoms with Crippen molar-refractivity contribution in [1.29, 1.82) is 0 Å². The van der Waals surface area contributed by atoms with E-state index in [1.807, 2.05) is 7.05 Å². The minimum atomic E-state index is 0. The molecule has 1 aromatic rings. The Labute approximate surface area is 182 Å². The van der Waals surface area contributed by atoms with Gasteiger partial charge in [-0.15, -0.1) is 24.0 Å². The molecular formula is C21H37IN4O. The van der Waals surface area contributed by atoms with Crippen LogP contribution in [0.4, 0.5) is 0 Å². The Morgan fingerprint density at radius 2 is 2.07 bits per heavy atom. The zero-order valence-corrected chi connectivity index (χ0v) is 19.9. The van der Waals surface area contributed by atoms with E-state index in [1.165, 1.54) is 17.5 Å². The van der Waals surface area contributed by atoms with Crippen LogP contribution >= 0.6 is 24.0 Å². The number of unbranched alkanes of at least 4 members (excludes halogenated alkanes) is 1. The molecule has 0 saturated carbocycles. The lowest BCUT2D eigenvalue weighted by molar-refractivity contribution is -0.00830. The number of halogens is 1. The first-order valence-corrected chi connectivity index (χ1v) is 9.86. The highest BCUT2D eigenvalue weighted by molar-refractivity contribution is 14.0. The largest absolute Gasteiger partial charge is 0.370 e. The van der Waals surface area contributed by atoms with E-state index in [4.69, 9.17) is 4.74 Å². The van der Waals surface area contributed by atoms with E-state index < -0.39 is 0 Å². The van der Waals surface area contributed by atoms with Gasteiger partial charge >= 0.3 is 0 Å². The van der Waals surface area contributed by atoms with Crippen LogP contribution in [0.2, 0.25) is 0 Å². The number of nitrogens with one attached hydrogen (secondary N) is 1. The third kappa shape index (κ3) is 7.58. The highest BCUT2D eigenvalue weighted by Gasteiger charge is 2.24. The number of benzene rings is 1. The van der Waals surface area contributed by atoms with Crippen LogP contribution in [0.5, 0.6) is 0 Å². The van der Waals surface area contributed by atoms with Crippen LogP contribution in [-0.4, -0.2) is 68.7 Å². The van der Waals surface area contributed by atoms with Crippen molar-refractivity contribution < 1.29 is 4.74 Å². The van der Waals surface area contributed by atoms with Crippen molar-refractivity contribution in [3.05, 3.63) is 35.4 Å². The van der Waals surface area contributed by atoms with E-state index >= 15 is 0 Å². The third-order valence-electron chi connectivity index (χ3n) is 5.22. The van der Waals surface area contributed by atoms with Crippen molar-refractivity contribution in [2.75, 3.05) is 46.9 Å². The van der Waals surface area contributed by atoms with Gasteiger partial charge in [0, 0.05) is 26.2 Å². The number of nitrogens with zero attached hydrogens (tertiary/aromatic N) is 3. The Morgan fingerprint density at radius 3 is 2.74 bits per heavy atom. The second-order valence-corrected chi connectivity index (χ2v) is 7.42. The number of aryl methyl sites for hydroxylation is 1. The molecule has 6 heteroatoms. The van der Waals surface area contributed by atoms with Gasteiger partial charge in [0.2, 0.25) is 0 Å². The highest BCUT2D eigenvalue weighted by atomic mass is 127. The fourth-order valence-corrected chi connectivity index (χ4v) is 3.25. The van der Waals surface area contributed by atoms with E-state index in [0.717, 1.165) is 45.2 Å². The molecule has 1 N–H and O–H groups in total. The van der Waals surface area contributed by atoms with Gasteiger partial charge in [-0.3, -0.25) is 4.99 Å². The fourth-order valence-electron chi connectivity index (χ4n) is 3.25. The monoisotopic (exact) mass is 488 g/mol. The summed E-state index contributed by atoms with van der Waals surface area (Å²) in [7, 11) is 4.06. The zero-order valence-electron chi connectivity index (χ0n) is 17.6. The van der Waals surface area contributed by atoms with Crippen molar-refractivity contribution in [3.8, 4) is 0 Å². The first-order valence-electron chi connectivity index (χ1n) is 9.86. The Morgan fingerprint density at radius 1 is 1.33 bits per heavy atom. The molecule has 1 atom stereocenters. The average molecular weight is 488 g/mol. The van der Waals surface area contributed by atoms with E-state index in [1.54, 1.807) is 0 Å². The third-order valence-corrected chi connectivity index (χ3v) is 5.22. The summed E-state index contributed by atoms with van der Waals surface area (Å²) in [6.07, 6.45) is 2.47. The number of hydrogen-bond donors (Lipinski definition) is 1. The van der Waals surface area contributed by atoms with Gasteiger partial charge in [-0.25, -0.2) is 0 Å². The summed E-state index contributed by atoms with van der Waals surface area (Å²) in [6, 6.07) is 9.11. The molecule has 2 rings (SSSR count). The molecule has 1 unspecified atom stereocenters. The Kier molecular flexibility index (Phi) is 11.3. The minimum absolute atomic E-state index is 0. The Hall–Kier alpha value is -0.860. The standard InChI is InChI=1S/C21H36N4O.HI/c1-17(2)24(5)13-9-8-12-23-21(22-4)25-14-15-26-20(16-25)19-11-7-6-10-18(19)3;/h6-7,10-11,17,20H,8-9,12-16H2,1-5H3,(H,22,23);1H. The topological polar surface area (TPSA) is 40.1 Å². The molecule has 0 bridgehead atoms. The summed E-state index contributed by atoms with van der Waals surface area (Å²) in [5.41, 5.74) is 2.57. The van der Waals surface area contributed by atoms with Gasteiger partial charge < -0.3 is 19.9 Å². The summed E-state index contributed by atoms with van der Waals surface area (Å²) in [4.78, 5) is 9.20. The summed E-state index contributed by atoms with van der Waals surface area (Å²) in [5, 5.41) is 3.53. The van der Waals surface area contributed by atoms with Crippen molar-refractivity contribution in [1.82, 2.24) is 15.1 Å². The minimum Gasteiger partial charge on any atom is -0.370 e. The van der Waals surface area contributed by atoms with Crippen LogP contribution in [-0.2, 0) is 4.74 Å². The molecule has 5 nitrogen and oxygen atoms in total. The maximum Gasteiger partial charge on any atom is 0.193 e. The van der Waals surface area contributed by atoms with Crippen LogP contribution in [0.15, 0.2) is 29.3 Å². The molecule has 1 fully saturated rings. The SMILES string of the molecule is CN=C(NCCCCN(C)C(C)C)N1CCOC(c2ccccc2C)C1.I. The van der Waals surface area contributed by atoms with Gasteiger partial charge in [-0.05, 0) is 58.3 Å². The molecule has 0 aromatic heterocycles. The van der Waals surface area contributed by atoms with Crippen molar-refractivity contribution in [3.63, 3.8) is 0 Å². The van der Waals surface area contributed by atoms with Gasteiger partial charge in [0.1, 0.15) is 6.10 Å². The summed E-state index contributed by atoms with van der Waals surface area (Å²) in [6.45, 7) is 11.2. The molecular weight excluding hydrogens is 451 g/mol. The van der Waals surface area contributed by atoms with E-state index in [0.29, 0.717) is 6.04 Å². The smallest absolute Gasteiger partial charge is 0.193 e. The highest BCUT2D eigenvalue weighted by Crippen LogP contribution is 2.24. The second kappa shape index (κ2) is 12.6. The molecule has 1 aliphatic rings. The molecule has 1 heterocycles. The molecule has 1 saturated heterocycles. The summed E-state index contributed by atoms with van der Waals surface area (Å²) < 4.78 is 6.03. The van der Waals surface area contributed by atoms with E-state index in [9.17, 15) is 0 Å². The molecule has 1 aromatic carbocycles. The van der Waals surface area contributed by atoms with Crippen LogP contribution in [0.1, 0.15) is 43.9 Å². The lowest BCUT2D eigenvalue weighted by Gasteiger charge is -2.35. The predicted octanol–water partition coefficient (Wildman–Crippen LogP) is 3.68. The number of aliphatic imine (C=N–C) groups is 1. The average Bonchev–Trinajstić information content (AvgIpc) is 2.65. The Bertz CT molecular complexity index is 579. The molecule has 27 heavy (non-hydrogen) atoms. The van der Waals surface area contributed by atoms with Crippen molar-refractivity contribution >= 4 is 29.9 Å². The number of hydrogen-bond acceptors (Lipinski definition) is 3. The molecule has 0 spiro atoms. The number of morpholine rings is 1. The first-order chi connectivity index (χ1) is 12.5. The zero-order chi connectivity index (χ0) is 18.9. The Balaban J connectivity index is 0.00000364. The maximum atomic E-state index is 6.03. The lowest BCUT2D eigenvalue weighted by atomic mass is 10.0. The van der Waals surface area contributed by atoms with Gasteiger partial charge in [0.05, 0.1) is 13.2 Å². The van der Waals surface area contributed by atoms with Gasteiger partial charge in [-0.2, -0.15) is 0 Å². The summed E-state index contributed by atoms with van der Waals surface area (Å²) >= 11 is 0. The van der Waals surface area contributed by atoms with Crippen LogP contribution in [0, 0.1) is 6.92 Å². The number of ether oxygens (including phenoxy) is 1. The van der Waals surface area contributed by atoms with Gasteiger partial charge in [-0.1, -0.05) is 24.3 Å². The second-order valence-electron chi connectivity index (χ2n) is 7.42. The van der Waals surface area contributed by atoms with E-state index in [-0.39, 0.29) is 30.1 Å². The quantitative estimate of drug-likeness (QED) is 0.275. The van der Waals surface area contributed by atoms with E-state index in [2.05, 4.69) is 72.2 Å². The van der Waals surface area contributed by atoms with Crippen molar-refractivity contribution in [2.24, 2.45) is 4.99 Å². The van der Waals surface area contributed by atoms with Crippen LogP contribution in [0.25, 0.3) is 0 Å². The summed E-state index contributed by atoms with van der Waals surface area (Å²) in [5.74, 6) is 0.990. The lowest BCUT2D eigenvalue weighted by Crippen LogP contribution is -2.48. The number of guanidine groups is 1. The van der Waals surface area contributed by atoms with Crippen LogP contribution in [0.3, 0.4) is 0 Å². The number of rotatable bonds is 7. The maximum absolute atomic E-state index is 6.03. The first kappa shape index (κ1) is 24.2. The molecule has 1 aliphatic heterocycles. The molecule has 0 amide bonds. The van der Waals surface area contributed by atoms with Crippen molar-refractivity contribution in [2.45, 2.75) is 45.8 Å². The van der Waals surface area contributed by atoms with Crippen LogP contribution < -0.4 is 5.32 Å². The van der Waals surface area contributed by atoms with Gasteiger partial charge in [0.15, 0.2) is 5.96 Å². The normalized spacial score (nSPS) is 18.0. The predicted molar refractivity (Wildman–Crippen MR) is 125 cm³/mol. The molecule has 154 valence electrons. The molecule has 0 radical (unpaired) electrons.